The summed E-state index contributed by atoms with van der Waals surface area (Å²) in [6.07, 6.45) is 8.86. The summed E-state index contributed by atoms with van der Waals surface area (Å²) in [4.78, 5) is 12.5. The Balaban J connectivity index is 1.25. The zero-order chi connectivity index (χ0) is 20.1. The fourth-order valence-electron chi connectivity index (χ4n) is 3.25. The van der Waals surface area contributed by atoms with Crippen LogP contribution in [0.2, 0.25) is 0 Å². The largest absolute Gasteiger partial charge is 0.432 e. The lowest BCUT2D eigenvalue weighted by atomic mass is 10.2. The summed E-state index contributed by atoms with van der Waals surface area (Å²) in [5.41, 5.74) is 0.988. The Bertz CT molecular complexity index is 892. The van der Waals surface area contributed by atoms with Crippen LogP contribution in [0.15, 0.2) is 41.5 Å². The average molecular weight is 403 g/mol. The monoisotopic (exact) mass is 403 g/mol. The van der Waals surface area contributed by atoms with Crippen LogP contribution >= 0.6 is 0 Å². The molecule has 152 valence electrons. The lowest BCUT2D eigenvalue weighted by Gasteiger charge is -2.15. The third-order valence-electron chi connectivity index (χ3n) is 4.56. The second-order valence-corrected chi connectivity index (χ2v) is 6.68. The zero-order valence-electron chi connectivity index (χ0n) is 15.3. The van der Waals surface area contributed by atoms with Gasteiger partial charge in [0, 0.05) is 18.3 Å². The van der Waals surface area contributed by atoms with Gasteiger partial charge in [-0.1, -0.05) is 6.07 Å². The van der Waals surface area contributed by atoms with Crippen LogP contribution in [0.3, 0.4) is 0 Å². The molecule has 0 bridgehead atoms. The van der Waals surface area contributed by atoms with E-state index in [0.717, 1.165) is 30.6 Å². The van der Waals surface area contributed by atoms with Crippen LogP contribution in [0.4, 0.5) is 20.5 Å². The fraction of sp³-hybridized carbons (Fsp3) is 0.389. The molecule has 11 heteroatoms. The normalized spacial score (nSPS) is 18.7. The predicted molar refractivity (Wildman–Crippen MR) is 98.7 cm³/mol. The van der Waals surface area contributed by atoms with E-state index >= 15 is 0 Å². The molecule has 0 aliphatic heterocycles. The number of anilines is 2. The Morgan fingerprint density at radius 1 is 1.07 bits per heavy atom. The van der Waals surface area contributed by atoms with E-state index < -0.39 is 6.61 Å². The molecule has 0 radical (unpaired) electrons. The van der Waals surface area contributed by atoms with Crippen molar-refractivity contribution in [2.24, 2.45) is 0 Å². The minimum Gasteiger partial charge on any atom is -0.432 e. The van der Waals surface area contributed by atoms with Crippen molar-refractivity contribution in [3.8, 4) is 5.75 Å². The molecular formula is C18H19F2N7O2. The van der Waals surface area contributed by atoms with Crippen molar-refractivity contribution in [3.63, 3.8) is 0 Å². The van der Waals surface area contributed by atoms with Crippen molar-refractivity contribution in [3.05, 3.63) is 48.6 Å². The smallest absolute Gasteiger partial charge is 0.387 e. The maximum absolute atomic E-state index is 12.2. The number of nitrogens with one attached hydrogen (secondary N) is 2. The highest BCUT2D eigenvalue weighted by Crippen LogP contribution is 2.25. The van der Waals surface area contributed by atoms with Crippen LogP contribution in [0, 0.1) is 0 Å². The van der Waals surface area contributed by atoms with Crippen LogP contribution in [0.25, 0.3) is 0 Å². The number of rotatable bonds is 8. The number of nitrogens with zero attached hydrogens (tertiary/aromatic N) is 5. The van der Waals surface area contributed by atoms with Crippen LogP contribution < -0.4 is 15.4 Å². The highest BCUT2D eigenvalue weighted by molar-refractivity contribution is 5.38. The van der Waals surface area contributed by atoms with Gasteiger partial charge in [-0.3, -0.25) is 0 Å². The molecule has 2 N–H and O–H groups in total. The lowest BCUT2D eigenvalue weighted by Crippen LogP contribution is -2.22. The summed E-state index contributed by atoms with van der Waals surface area (Å²) >= 11 is 0. The zero-order valence-corrected chi connectivity index (χ0v) is 15.3. The van der Waals surface area contributed by atoms with Crippen LogP contribution in [-0.4, -0.2) is 43.8 Å². The standard InChI is InChI=1S/C18H19F2N7O2/c19-17(20)29-14-8-22-18(23-9-14)26-13-3-2-12(6-13)25-15-4-1-11(7-21-15)5-16-27-24-10-28-16/h1,4,7-10,12-13,17H,2-3,5-6H2,(H,21,25)(H,22,23,26)/t12-,13-/m0/s1. The van der Waals surface area contributed by atoms with Gasteiger partial charge in [0.25, 0.3) is 0 Å². The van der Waals surface area contributed by atoms with Gasteiger partial charge in [0.05, 0.1) is 18.8 Å². The number of alkyl halides is 2. The van der Waals surface area contributed by atoms with Crippen LogP contribution in [0.1, 0.15) is 30.7 Å². The molecule has 2 atom stereocenters. The Hall–Kier alpha value is -3.37. The van der Waals surface area contributed by atoms with Gasteiger partial charge in [-0.2, -0.15) is 8.78 Å². The number of ether oxygens (including phenoxy) is 1. The van der Waals surface area contributed by atoms with Gasteiger partial charge < -0.3 is 19.8 Å². The molecular weight excluding hydrogens is 384 g/mol. The van der Waals surface area contributed by atoms with Crippen molar-refractivity contribution >= 4 is 11.8 Å². The number of hydrogen-bond donors (Lipinski definition) is 2. The molecule has 1 saturated carbocycles. The number of hydrogen-bond acceptors (Lipinski definition) is 9. The van der Waals surface area contributed by atoms with Gasteiger partial charge in [-0.15, -0.1) is 10.2 Å². The van der Waals surface area contributed by atoms with Crippen molar-refractivity contribution in [2.75, 3.05) is 10.6 Å². The van der Waals surface area contributed by atoms with E-state index in [2.05, 4.69) is 40.5 Å². The molecule has 0 amide bonds. The van der Waals surface area contributed by atoms with E-state index in [9.17, 15) is 8.78 Å². The molecule has 4 rings (SSSR count). The molecule has 1 aliphatic carbocycles. The Morgan fingerprint density at radius 3 is 2.52 bits per heavy atom. The first-order valence-electron chi connectivity index (χ1n) is 9.14. The topological polar surface area (TPSA) is 111 Å². The maximum atomic E-state index is 12.2. The first-order valence-corrected chi connectivity index (χ1v) is 9.14. The van der Waals surface area contributed by atoms with Crippen LogP contribution in [0.5, 0.6) is 5.75 Å². The average Bonchev–Trinajstić information content (AvgIpc) is 3.37. The highest BCUT2D eigenvalue weighted by atomic mass is 19.3. The van der Waals surface area contributed by atoms with Gasteiger partial charge >= 0.3 is 6.61 Å². The quantitative estimate of drug-likeness (QED) is 0.586. The van der Waals surface area contributed by atoms with E-state index in [-0.39, 0.29) is 17.8 Å². The van der Waals surface area contributed by atoms with Gasteiger partial charge in [0.1, 0.15) is 5.82 Å². The molecule has 0 unspecified atom stereocenters. The molecule has 0 aromatic carbocycles. The van der Waals surface area contributed by atoms with Gasteiger partial charge in [-0.05, 0) is 30.9 Å². The van der Waals surface area contributed by atoms with E-state index in [1.54, 1.807) is 6.20 Å². The third kappa shape index (κ3) is 5.33. The molecule has 1 fully saturated rings. The summed E-state index contributed by atoms with van der Waals surface area (Å²) in [7, 11) is 0. The maximum Gasteiger partial charge on any atom is 0.387 e. The molecule has 3 aromatic rings. The summed E-state index contributed by atoms with van der Waals surface area (Å²) in [5, 5.41) is 14.2. The highest BCUT2D eigenvalue weighted by Gasteiger charge is 2.25. The third-order valence-corrected chi connectivity index (χ3v) is 4.56. The predicted octanol–water partition coefficient (Wildman–Crippen LogP) is 2.89. The van der Waals surface area contributed by atoms with E-state index in [0.29, 0.717) is 18.3 Å². The SMILES string of the molecule is FC(F)Oc1cnc(N[C@H]2CC[C@H](Nc3ccc(Cc4nnco4)cn3)C2)nc1. The molecule has 29 heavy (non-hydrogen) atoms. The van der Waals surface area contributed by atoms with Crippen molar-refractivity contribution in [2.45, 2.75) is 44.4 Å². The minimum atomic E-state index is -2.89. The van der Waals surface area contributed by atoms with E-state index in [1.165, 1.54) is 18.8 Å². The van der Waals surface area contributed by atoms with Crippen molar-refractivity contribution in [1.29, 1.82) is 0 Å². The summed E-state index contributed by atoms with van der Waals surface area (Å²) < 4.78 is 33.7. The molecule has 3 heterocycles. The lowest BCUT2D eigenvalue weighted by molar-refractivity contribution is -0.0503. The van der Waals surface area contributed by atoms with Crippen LogP contribution in [-0.2, 0) is 6.42 Å². The van der Waals surface area contributed by atoms with Crippen molar-refractivity contribution < 1.29 is 17.9 Å². The number of aromatic nitrogens is 5. The van der Waals surface area contributed by atoms with E-state index in [1.807, 2.05) is 12.1 Å². The minimum absolute atomic E-state index is 0.0647. The molecule has 9 nitrogen and oxygen atoms in total. The first kappa shape index (κ1) is 19.0. The number of pyridine rings is 1. The Morgan fingerprint density at radius 2 is 1.86 bits per heavy atom. The molecule has 0 saturated heterocycles. The first-order chi connectivity index (χ1) is 14.1. The summed E-state index contributed by atoms with van der Waals surface area (Å²) in [6.45, 7) is -2.89. The summed E-state index contributed by atoms with van der Waals surface area (Å²) in [6, 6.07) is 4.35. The Kier molecular flexibility index (Phi) is 5.73. The van der Waals surface area contributed by atoms with Gasteiger partial charge in [0.15, 0.2) is 5.75 Å². The van der Waals surface area contributed by atoms with E-state index in [4.69, 9.17) is 4.42 Å². The second kappa shape index (κ2) is 8.76. The molecule has 3 aromatic heterocycles. The fourth-order valence-corrected chi connectivity index (χ4v) is 3.25. The summed E-state index contributed by atoms with van der Waals surface area (Å²) in [5.74, 6) is 1.67. The van der Waals surface area contributed by atoms with Crippen molar-refractivity contribution in [1.82, 2.24) is 25.1 Å². The Labute approximate surface area is 164 Å². The second-order valence-electron chi connectivity index (χ2n) is 6.68. The van der Waals surface area contributed by atoms with Gasteiger partial charge in [-0.25, -0.2) is 15.0 Å². The van der Waals surface area contributed by atoms with Gasteiger partial charge in [0.2, 0.25) is 18.2 Å². The number of halogens is 2. The molecule has 1 aliphatic rings. The molecule has 0 spiro atoms.